The number of H-pyrrole nitrogens is 1. The van der Waals surface area contributed by atoms with Gasteiger partial charge in [-0.1, -0.05) is 27.2 Å². The van der Waals surface area contributed by atoms with Crippen LogP contribution in [0.4, 0.5) is 0 Å². The Morgan fingerprint density at radius 1 is 1.12 bits per heavy atom. The van der Waals surface area contributed by atoms with Crippen LogP contribution < -0.4 is 0 Å². The van der Waals surface area contributed by atoms with Gasteiger partial charge in [0, 0.05) is 11.3 Å². The van der Waals surface area contributed by atoms with Crippen LogP contribution in [0.2, 0.25) is 0 Å². The summed E-state index contributed by atoms with van der Waals surface area (Å²) >= 11 is 0. The Bertz CT molecular complexity index is 676. The van der Waals surface area contributed by atoms with Crippen molar-refractivity contribution >= 4 is 0 Å². The van der Waals surface area contributed by atoms with Crippen molar-refractivity contribution in [1.29, 1.82) is 0 Å². The summed E-state index contributed by atoms with van der Waals surface area (Å²) in [6.07, 6.45) is 14.0. The van der Waals surface area contributed by atoms with Gasteiger partial charge in [-0.3, -0.25) is 0 Å². The van der Waals surface area contributed by atoms with Crippen LogP contribution in [0.3, 0.4) is 0 Å². The summed E-state index contributed by atoms with van der Waals surface area (Å²) in [5, 5.41) is 0. The van der Waals surface area contributed by atoms with E-state index < -0.39 is 0 Å². The molecule has 4 aliphatic rings. The lowest BCUT2D eigenvalue weighted by Gasteiger charge is -2.31. The van der Waals surface area contributed by atoms with Crippen molar-refractivity contribution in [2.45, 2.75) is 78.6 Å². The van der Waals surface area contributed by atoms with Crippen LogP contribution in [0.1, 0.15) is 76.1 Å². The zero-order chi connectivity index (χ0) is 17.4. The topological polar surface area (TPSA) is 28.7 Å². The van der Waals surface area contributed by atoms with E-state index in [0.717, 1.165) is 23.7 Å². The highest BCUT2D eigenvalue weighted by atomic mass is 14.9. The molecule has 4 rings (SSSR count). The normalized spacial score (nSPS) is 27.0. The third-order valence-corrected chi connectivity index (χ3v) is 7.22. The molecule has 1 aliphatic heterocycles. The minimum Gasteiger partial charge on any atom is -0.349 e. The molecule has 2 nitrogen and oxygen atoms in total. The van der Waals surface area contributed by atoms with E-state index in [1.165, 1.54) is 74.7 Å². The molecule has 3 aliphatic carbocycles. The maximum Gasteiger partial charge on any atom is 0.0928 e. The highest BCUT2D eigenvalue weighted by molar-refractivity contribution is 5.73. The molecule has 2 heteroatoms. The second kappa shape index (κ2) is 7.13. The van der Waals surface area contributed by atoms with E-state index in [1.807, 2.05) is 6.33 Å². The Morgan fingerprint density at radius 2 is 1.92 bits per heavy atom. The lowest BCUT2D eigenvalue weighted by atomic mass is 9.75. The van der Waals surface area contributed by atoms with E-state index in [1.54, 1.807) is 11.1 Å². The summed E-state index contributed by atoms with van der Waals surface area (Å²) in [4.78, 5) is 8.21. The number of hydrogen-bond donors (Lipinski definition) is 1. The molecule has 0 aromatic heterocycles. The zero-order valence-electron chi connectivity index (χ0n) is 16.3. The molecule has 1 heterocycles. The first-order valence-corrected chi connectivity index (χ1v) is 10.6. The Kier molecular flexibility index (Phi) is 4.88. The molecule has 1 fully saturated rings. The minimum absolute atomic E-state index is 0.855. The molecular weight excluding hydrogens is 304 g/mol. The van der Waals surface area contributed by atoms with Crippen LogP contribution in [0.15, 0.2) is 12.4 Å². The summed E-state index contributed by atoms with van der Waals surface area (Å²) in [5.41, 5.74) is 7.40. The molecule has 1 unspecified atom stereocenters. The zero-order valence-corrected chi connectivity index (χ0v) is 16.3. The molecule has 0 saturated heterocycles. The predicted molar refractivity (Wildman–Crippen MR) is 105 cm³/mol. The van der Waals surface area contributed by atoms with Gasteiger partial charge in [0.1, 0.15) is 0 Å². The average molecular weight is 339 g/mol. The van der Waals surface area contributed by atoms with Gasteiger partial charge in [-0.25, -0.2) is 4.98 Å². The maximum atomic E-state index is 4.67. The molecular formula is C23H34N2. The summed E-state index contributed by atoms with van der Waals surface area (Å²) in [6.45, 7) is 7.12. The van der Waals surface area contributed by atoms with Gasteiger partial charge in [-0.15, -0.1) is 0 Å². The van der Waals surface area contributed by atoms with Crippen LogP contribution in [-0.2, 0) is 19.3 Å². The standard InChI is InChI=1S/C23H34N2/c1-4-16-7-10-20-19(11-16)13-22-23(20)21(24-14-25-22)12-17-5-8-18(9-6-17)15(2)3/h13-18H,4-12H2,1-3H3,(H,24,25). The SMILES string of the molecule is CCC1CCc2c(cc3nc[nH]c(CC4CCC(C(C)C)CC4)c2-3)C1. The van der Waals surface area contributed by atoms with Crippen molar-refractivity contribution in [2.24, 2.45) is 23.7 Å². The fourth-order valence-corrected chi connectivity index (χ4v) is 5.42. The summed E-state index contributed by atoms with van der Waals surface area (Å²) in [5.74, 6) is 3.54. The molecule has 1 atom stereocenters. The summed E-state index contributed by atoms with van der Waals surface area (Å²) in [6, 6.07) is 2.39. The Hall–Kier alpha value is -1.31. The Balaban J connectivity index is 1.54. The number of aromatic amines is 1. The van der Waals surface area contributed by atoms with Crippen molar-refractivity contribution in [1.82, 2.24) is 9.97 Å². The van der Waals surface area contributed by atoms with Gasteiger partial charge in [-0.05, 0) is 92.2 Å². The molecule has 1 N–H and O–H groups in total. The van der Waals surface area contributed by atoms with Gasteiger partial charge in [0.25, 0.3) is 0 Å². The third-order valence-electron chi connectivity index (χ3n) is 7.22. The van der Waals surface area contributed by atoms with Gasteiger partial charge < -0.3 is 4.98 Å². The smallest absolute Gasteiger partial charge is 0.0928 e. The Labute approximate surface area is 153 Å². The molecule has 0 aromatic rings. The second-order valence-corrected chi connectivity index (χ2v) is 9.04. The van der Waals surface area contributed by atoms with Gasteiger partial charge in [0.15, 0.2) is 0 Å². The average Bonchev–Trinajstić information content (AvgIpc) is 3.00. The quantitative estimate of drug-likeness (QED) is 0.724. The van der Waals surface area contributed by atoms with Crippen LogP contribution in [0, 0.1) is 23.7 Å². The summed E-state index contributed by atoms with van der Waals surface area (Å²) < 4.78 is 0. The van der Waals surface area contributed by atoms with Crippen LogP contribution in [0.5, 0.6) is 0 Å². The maximum absolute atomic E-state index is 4.67. The van der Waals surface area contributed by atoms with Crippen LogP contribution >= 0.6 is 0 Å². The number of nitrogens with zero attached hydrogens (tertiary/aromatic N) is 1. The lowest BCUT2D eigenvalue weighted by Crippen LogP contribution is -2.20. The molecule has 0 bridgehead atoms. The summed E-state index contributed by atoms with van der Waals surface area (Å²) in [7, 11) is 0. The number of hydrogen-bond acceptors (Lipinski definition) is 1. The fraction of sp³-hybridized carbons (Fsp3) is 0.696. The van der Waals surface area contributed by atoms with E-state index in [-0.39, 0.29) is 0 Å². The van der Waals surface area contributed by atoms with Gasteiger partial charge >= 0.3 is 0 Å². The highest BCUT2D eigenvalue weighted by Crippen LogP contribution is 2.41. The number of aromatic nitrogens is 2. The number of nitrogens with one attached hydrogen (secondary N) is 1. The van der Waals surface area contributed by atoms with E-state index in [2.05, 4.69) is 36.8 Å². The molecule has 25 heavy (non-hydrogen) atoms. The van der Waals surface area contributed by atoms with Crippen LogP contribution in [-0.4, -0.2) is 9.97 Å². The molecule has 1 saturated carbocycles. The van der Waals surface area contributed by atoms with E-state index in [4.69, 9.17) is 0 Å². The first-order valence-electron chi connectivity index (χ1n) is 10.6. The monoisotopic (exact) mass is 338 g/mol. The first-order chi connectivity index (χ1) is 12.2. The molecule has 0 aromatic carbocycles. The van der Waals surface area contributed by atoms with Crippen molar-refractivity contribution < 1.29 is 0 Å². The molecule has 0 radical (unpaired) electrons. The molecule has 0 spiro atoms. The van der Waals surface area contributed by atoms with Crippen molar-refractivity contribution in [3.8, 4) is 11.3 Å². The largest absolute Gasteiger partial charge is 0.349 e. The minimum atomic E-state index is 0.855. The highest BCUT2D eigenvalue weighted by Gasteiger charge is 2.28. The van der Waals surface area contributed by atoms with Gasteiger partial charge in [0.2, 0.25) is 0 Å². The Morgan fingerprint density at radius 3 is 2.64 bits per heavy atom. The lowest BCUT2D eigenvalue weighted by molar-refractivity contribution is 0.223. The van der Waals surface area contributed by atoms with Crippen molar-refractivity contribution in [3.63, 3.8) is 0 Å². The first kappa shape index (κ1) is 17.1. The number of rotatable bonds is 4. The number of fused-ring (bicyclic) bond motifs is 3. The van der Waals surface area contributed by atoms with E-state index in [9.17, 15) is 0 Å². The van der Waals surface area contributed by atoms with Crippen molar-refractivity contribution in [3.05, 3.63) is 29.2 Å². The van der Waals surface area contributed by atoms with E-state index in [0.29, 0.717) is 0 Å². The molecule has 136 valence electrons. The molecule has 0 amide bonds. The van der Waals surface area contributed by atoms with E-state index >= 15 is 0 Å². The van der Waals surface area contributed by atoms with Gasteiger partial charge in [-0.2, -0.15) is 0 Å². The third kappa shape index (κ3) is 3.37. The van der Waals surface area contributed by atoms with Crippen LogP contribution in [0.25, 0.3) is 11.3 Å². The fourth-order valence-electron chi connectivity index (χ4n) is 5.42. The van der Waals surface area contributed by atoms with Crippen molar-refractivity contribution in [2.75, 3.05) is 0 Å². The second-order valence-electron chi connectivity index (χ2n) is 9.04. The predicted octanol–water partition coefficient (Wildman–Crippen LogP) is 6.03. The van der Waals surface area contributed by atoms with Gasteiger partial charge in [0.05, 0.1) is 12.0 Å².